The molecule has 1 aliphatic rings. The van der Waals surface area contributed by atoms with E-state index >= 15 is 0 Å². The molecule has 0 aromatic carbocycles. The Kier molecular flexibility index (Phi) is 3.23. The maximum absolute atomic E-state index is 11.8. The number of carbonyl (C=O) groups is 2. The lowest BCUT2D eigenvalue weighted by Gasteiger charge is -2.28. The Hall–Kier alpha value is -1.69. The number of H-pyrrole nitrogens is 1. The zero-order valence-corrected chi connectivity index (χ0v) is 9.99. The standard InChI is InChI=1S/C11H16N4O2/c1-7-8(6-13-14-7)5-12-9-3-4-10(16)15(2)11(9)17/h6,9,12H,3-5H2,1-2H3,(H,13,14). The van der Waals surface area contributed by atoms with Gasteiger partial charge in [0.15, 0.2) is 0 Å². The number of nitrogens with one attached hydrogen (secondary N) is 2. The second-order valence-corrected chi connectivity index (χ2v) is 4.28. The number of piperidine rings is 1. The van der Waals surface area contributed by atoms with Gasteiger partial charge >= 0.3 is 0 Å². The molecule has 1 atom stereocenters. The lowest BCUT2D eigenvalue weighted by atomic mass is 10.0. The molecule has 6 nitrogen and oxygen atoms in total. The summed E-state index contributed by atoms with van der Waals surface area (Å²) in [6, 6.07) is -0.271. The minimum atomic E-state index is -0.271. The summed E-state index contributed by atoms with van der Waals surface area (Å²) < 4.78 is 0. The number of carbonyl (C=O) groups excluding carboxylic acids is 2. The third kappa shape index (κ3) is 2.36. The van der Waals surface area contributed by atoms with Crippen molar-refractivity contribution in [3.8, 4) is 0 Å². The first-order chi connectivity index (χ1) is 8.09. The first-order valence-corrected chi connectivity index (χ1v) is 5.62. The molecule has 0 radical (unpaired) electrons. The molecule has 1 aromatic heterocycles. The molecule has 92 valence electrons. The molecular weight excluding hydrogens is 220 g/mol. The molecule has 0 spiro atoms. The van der Waals surface area contributed by atoms with Gasteiger partial charge in [0.05, 0.1) is 12.2 Å². The number of likely N-dealkylation sites (N-methyl/N-ethyl adjacent to an activating group) is 1. The van der Waals surface area contributed by atoms with Gasteiger partial charge in [0.1, 0.15) is 0 Å². The molecule has 2 amide bonds. The van der Waals surface area contributed by atoms with E-state index in [1.54, 1.807) is 6.20 Å². The quantitative estimate of drug-likeness (QED) is 0.722. The number of aromatic nitrogens is 2. The van der Waals surface area contributed by atoms with Gasteiger partial charge in [0.2, 0.25) is 11.8 Å². The number of aromatic amines is 1. The van der Waals surface area contributed by atoms with Crippen LogP contribution in [0.2, 0.25) is 0 Å². The maximum Gasteiger partial charge on any atom is 0.246 e. The molecule has 1 aromatic rings. The highest BCUT2D eigenvalue weighted by Gasteiger charge is 2.31. The molecule has 2 N–H and O–H groups in total. The third-order valence-electron chi connectivity index (χ3n) is 3.12. The number of likely N-dealkylation sites (tertiary alicyclic amines) is 1. The summed E-state index contributed by atoms with van der Waals surface area (Å²) in [4.78, 5) is 24.3. The summed E-state index contributed by atoms with van der Waals surface area (Å²) in [7, 11) is 1.53. The molecule has 17 heavy (non-hydrogen) atoms. The van der Waals surface area contributed by atoms with E-state index in [1.807, 2.05) is 6.92 Å². The van der Waals surface area contributed by atoms with Gasteiger partial charge in [-0.3, -0.25) is 19.6 Å². The van der Waals surface area contributed by atoms with Crippen LogP contribution in [-0.4, -0.2) is 40.0 Å². The molecule has 1 aliphatic heterocycles. The highest BCUT2D eigenvalue weighted by Crippen LogP contribution is 2.12. The van der Waals surface area contributed by atoms with E-state index in [1.165, 1.54) is 11.9 Å². The first kappa shape index (κ1) is 11.8. The van der Waals surface area contributed by atoms with Gasteiger partial charge in [0, 0.05) is 31.3 Å². The predicted molar refractivity (Wildman–Crippen MR) is 61.0 cm³/mol. The SMILES string of the molecule is Cc1[nH]ncc1CNC1CCC(=O)N(C)C1=O. The number of hydrogen-bond acceptors (Lipinski definition) is 4. The fourth-order valence-corrected chi connectivity index (χ4v) is 1.89. The van der Waals surface area contributed by atoms with Crippen LogP contribution in [0.5, 0.6) is 0 Å². The Bertz CT molecular complexity index is 440. The van der Waals surface area contributed by atoms with E-state index in [9.17, 15) is 9.59 Å². The fraction of sp³-hybridized carbons (Fsp3) is 0.545. The van der Waals surface area contributed by atoms with Gasteiger partial charge in [-0.1, -0.05) is 0 Å². The van der Waals surface area contributed by atoms with Crippen LogP contribution in [0.3, 0.4) is 0 Å². The lowest BCUT2D eigenvalue weighted by Crippen LogP contribution is -2.51. The van der Waals surface area contributed by atoms with E-state index in [4.69, 9.17) is 0 Å². The number of nitrogens with zero attached hydrogens (tertiary/aromatic N) is 2. The van der Waals surface area contributed by atoms with E-state index in [-0.39, 0.29) is 17.9 Å². The predicted octanol–water partition coefficient (Wildman–Crippen LogP) is -0.0449. The zero-order valence-electron chi connectivity index (χ0n) is 9.99. The van der Waals surface area contributed by atoms with Crippen LogP contribution in [0, 0.1) is 6.92 Å². The highest BCUT2D eigenvalue weighted by atomic mass is 16.2. The van der Waals surface area contributed by atoms with Crippen molar-refractivity contribution in [2.75, 3.05) is 7.05 Å². The number of aryl methyl sites for hydroxylation is 1. The molecule has 1 saturated heterocycles. The number of amides is 2. The van der Waals surface area contributed by atoms with Gasteiger partial charge in [-0.15, -0.1) is 0 Å². The molecule has 2 rings (SSSR count). The number of imide groups is 1. The lowest BCUT2D eigenvalue weighted by molar-refractivity contribution is -0.148. The van der Waals surface area contributed by atoms with Crippen molar-refractivity contribution in [2.24, 2.45) is 0 Å². The second kappa shape index (κ2) is 4.67. The van der Waals surface area contributed by atoms with Crippen molar-refractivity contribution >= 4 is 11.8 Å². The molecule has 1 fully saturated rings. The number of rotatable bonds is 3. The van der Waals surface area contributed by atoms with Crippen molar-refractivity contribution in [1.29, 1.82) is 0 Å². The van der Waals surface area contributed by atoms with E-state index in [0.717, 1.165) is 11.3 Å². The van der Waals surface area contributed by atoms with Crippen LogP contribution >= 0.6 is 0 Å². The summed E-state index contributed by atoms with van der Waals surface area (Å²) in [6.07, 6.45) is 2.73. The summed E-state index contributed by atoms with van der Waals surface area (Å²) >= 11 is 0. The van der Waals surface area contributed by atoms with Crippen LogP contribution in [0.25, 0.3) is 0 Å². The summed E-state index contributed by atoms with van der Waals surface area (Å²) in [6.45, 7) is 2.52. The van der Waals surface area contributed by atoms with Crippen LogP contribution in [-0.2, 0) is 16.1 Å². The highest BCUT2D eigenvalue weighted by molar-refractivity contribution is 6.00. The molecular formula is C11H16N4O2. The third-order valence-corrected chi connectivity index (χ3v) is 3.12. The Morgan fingerprint density at radius 3 is 3.00 bits per heavy atom. The topological polar surface area (TPSA) is 78.1 Å². The number of hydrogen-bond donors (Lipinski definition) is 2. The van der Waals surface area contributed by atoms with Crippen LogP contribution in [0.15, 0.2) is 6.20 Å². The average Bonchev–Trinajstić information content (AvgIpc) is 2.71. The van der Waals surface area contributed by atoms with Crippen LogP contribution in [0.4, 0.5) is 0 Å². The van der Waals surface area contributed by atoms with Crippen molar-refractivity contribution in [3.05, 3.63) is 17.5 Å². The summed E-state index contributed by atoms with van der Waals surface area (Å²) in [5, 5.41) is 9.92. The summed E-state index contributed by atoms with van der Waals surface area (Å²) in [5.41, 5.74) is 2.03. The molecule has 0 bridgehead atoms. The van der Waals surface area contributed by atoms with Crippen LogP contribution < -0.4 is 5.32 Å². The van der Waals surface area contributed by atoms with Gasteiger partial charge in [-0.2, -0.15) is 5.10 Å². The molecule has 1 unspecified atom stereocenters. The Balaban J connectivity index is 1.94. The Morgan fingerprint density at radius 2 is 2.35 bits per heavy atom. The molecule has 6 heteroatoms. The summed E-state index contributed by atoms with van der Waals surface area (Å²) in [5.74, 6) is -0.255. The van der Waals surface area contributed by atoms with E-state index < -0.39 is 0 Å². The zero-order chi connectivity index (χ0) is 12.4. The maximum atomic E-state index is 11.8. The van der Waals surface area contributed by atoms with Crippen molar-refractivity contribution < 1.29 is 9.59 Å². The van der Waals surface area contributed by atoms with Crippen molar-refractivity contribution in [2.45, 2.75) is 32.4 Å². The van der Waals surface area contributed by atoms with Crippen LogP contribution in [0.1, 0.15) is 24.1 Å². The monoisotopic (exact) mass is 236 g/mol. The van der Waals surface area contributed by atoms with Gasteiger partial charge in [-0.25, -0.2) is 0 Å². The first-order valence-electron chi connectivity index (χ1n) is 5.62. The second-order valence-electron chi connectivity index (χ2n) is 4.28. The van der Waals surface area contributed by atoms with E-state index in [2.05, 4.69) is 15.5 Å². The Morgan fingerprint density at radius 1 is 1.59 bits per heavy atom. The van der Waals surface area contributed by atoms with Crippen molar-refractivity contribution in [1.82, 2.24) is 20.4 Å². The Labute approximate surface area is 99.4 Å². The van der Waals surface area contributed by atoms with Crippen molar-refractivity contribution in [3.63, 3.8) is 0 Å². The van der Waals surface area contributed by atoms with Gasteiger partial charge in [-0.05, 0) is 13.3 Å². The van der Waals surface area contributed by atoms with Gasteiger partial charge in [0.25, 0.3) is 0 Å². The smallest absolute Gasteiger partial charge is 0.246 e. The largest absolute Gasteiger partial charge is 0.302 e. The minimum Gasteiger partial charge on any atom is -0.302 e. The minimum absolute atomic E-state index is 0.104. The molecule has 0 aliphatic carbocycles. The molecule has 0 saturated carbocycles. The van der Waals surface area contributed by atoms with E-state index in [0.29, 0.717) is 19.4 Å². The van der Waals surface area contributed by atoms with Gasteiger partial charge < -0.3 is 5.32 Å². The normalized spacial score (nSPS) is 21.1. The molecule has 2 heterocycles. The average molecular weight is 236 g/mol. The fourth-order valence-electron chi connectivity index (χ4n) is 1.89.